The van der Waals surface area contributed by atoms with E-state index in [0.29, 0.717) is 21.9 Å². The zero-order chi connectivity index (χ0) is 15.0. The van der Waals surface area contributed by atoms with E-state index in [1.807, 2.05) is 0 Å². The molecule has 1 fully saturated rings. The van der Waals surface area contributed by atoms with Gasteiger partial charge in [-0.25, -0.2) is 5.43 Å². The first-order valence-electron chi connectivity index (χ1n) is 7.28. The van der Waals surface area contributed by atoms with Gasteiger partial charge in [0, 0.05) is 0 Å². The molecule has 1 aromatic carbocycles. The van der Waals surface area contributed by atoms with Gasteiger partial charge in [0.1, 0.15) is 0 Å². The summed E-state index contributed by atoms with van der Waals surface area (Å²) in [5, 5.41) is 4.54. The molecule has 1 aromatic rings. The molecule has 21 heavy (non-hydrogen) atoms. The molecule has 3 aliphatic rings. The minimum absolute atomic E-state index is 0.279. The molecule has 0 aromatic heterocycles. The number of nitrogens with one attached hydrogen (secondary N) is 1. The van der Waals surface area contributed by atoms with Gasteiger partial charge in [0.05, 0.1) is 16.8 Å². The predicted octanol–water partition coefficient (Wildman–Crippen LogP) is 4.05. The Hall–Kier alpha value is -1.61. The van der Waals surface area contributed by atoms with Crippen molar-refractivity contribution in [1.82, 2.24) is 5.43 Å². The van der Waals surface area contributed by atoms with Gasteiger partial charge in [-0.1, -0.05) is 43.7 Å². The molecule has 0 radical (unpaired) electrons. The number of allylic oxidation sites excluding steroid dienone is 2. The number of amides is 1. The normalized spacial score (nSPS) is 26.1. The van der Waals surface area contributed by atoms with Gasteiger partial charge in [-0.2, -0.15) is 5.10 Å². The molecule has 0 unspecified atom stereocenters. The topological polar surface area (TPSA) is 41.5 Å². The van der Waals surface area contributed by atoms with Crippen LogP contribution < -0.4 is 5.43 Å². The van der Waals surface area contributed by atoms with Crippen molar-refractivity contribution in [1.29, 1.82) is 0 Å². The summed E-state index contributed by atoms with van der Waals surface area (Å²) in [5.41, 5.74) is 4.60. The fourth-order valence-corrected chi connectivity index (χ4v) is 3.64. The van der Waals surface area contributed by atoms with Crippen molar-refractivity contribution in [3.63, 3.8) is 0 Å². The van der Waals surface area contributed by atoms with Gasteiger partial charge in [0.25, 0.3) is 5.91 Å². The van der Waals surface area contributed by atoms with Crippen LogP contribution in [-0.4, -0.2) is 12.1 Å². The maximum Gasteiger partial charge on any atom is 0.272 e. The van der Waals surface area contributed by atoms with Crippen molar-refractivity contribution in [2.45, 2.75) is 26.7 Å². The first kappa shape index (κ1) is 14.3. The summed E-state index contributed by atoms with van der Waals surface area (Å²) in [6.45, 7) is 4.63. The van der Waals surface area contributed by atoms with Crippen LogP contribution in [0.25, 0.3) is 0 Å². The van der Waals surface area contributed by atoms with Crippen LogP contribution in [0.5, 0.6) is 0 Å². The molecule has 1 N–H and O–H groups in total. The Morgan fingerprint density at radius 2 is 2.19 bits per heavy atom. The van der Waals surface area contributed by atoms with E-state index < -0.39 is 0 Å². The Labute approximate surface area is 130 Å². The molecule has 3 nitrogen and oxygen atoms in total. The van der Waals surface area contributed by atoms with Gasteiger partial charge in [-0.15, -0.1) is 0 Å². The van der Waals surface area contributed by atoms with Gasteiger partial charge in [-0.3, -0.25) is 4.79 Å². The summed E-state index contributed by atoms with van der Waals surface area (Å²) >= 11 is 5.99. The summed E-state index contributed by atoms with van der Waals surface area (Å²) in [7, 11) is 0. The number of nitrogens with zero attached hydrogens (tertiary/aromatic N) is 1. The minimum Gasteiger partial charge on any atom is -0.267 e. The molecule has 3 aliphatic carbocycles. The van der Waals surface area contributed by atoms with Crippen LogP contribution in [0.2, 0.25) is 5.02 Å². The van der Waals surface area contributed by atoms with Gasteiger partial charge < -0.3 is 0 Å². The molecular formula is C17H19ClN2O. The van der Waals surface area contributed by atoms with Crippen molar-refractivity contribution in [3.8, 4) is 0 Å². The van der Waals surface area contributed by atoms with E-state index in [0.717, 1.165) is 12.3 Å². The molecule has 1 saturated carbocycles. The highest BCUT2D eigenvalue weighted by Gasteiger charge is 2.50. The summed E-state index contributed by atoms with van der Waals surface area (Å²) < 4.78 is 0. The van der Waals surface area contributed by atoms with Gasteiger partial charge in [0.2, 0.25) is 0 Å². The van der Waals surface area contributed by atoms with Crippen molar-refractivity contribution in [2.24, 2.45) is 22.4 Å². The maximum atomic E-state index is 12.0. The lowest BCUT2D eigenvalue weighted by Crippen LogP contribution is -2.48. The van der Waals surface area contributed by atoms with Gasteiger partial charge >= 0.3 is 0 Å². The SMILES string of the molecule is CC1(C)[C@H]2CC=C(C=NNC(=O)c3ccccc3Cl)[C@H]1C2. The molecule has 4 heteroatoms. The van der Waals surface area contributed by atoms with E-state index in [9.17, 15) is 4.79 Å². The quantitative estimate of drug-likeness (QED) is 0.664. The number of carbonyl (C=O) groups is 1. The highest BCUT2D eigenvalue weighted by molar-refractivity contribution is 6.33. The number of halogens is 1. The molecule has 0 saturated heterocycles. The second-order valence-electron chi connectivity index (χ2n) is 6.43. The third-order valence-corrected chi connectivity index (χ3v) is 5.34. The zero-order valence-corrected chi connectivity index (χ0v) is 13.0. The number of fused-ring (bicyclic) bond motifs is 1. The van der Waals surface area contributed by atoms with E-state index in [1.165, 1.54) is 12.0 Å². The lowest BCUT2D eigenvalue weighted by Gasteiger charge is -2.55. The lowest BCUT2D eigenvalue weighted by atomic mass is 9.49. The second-order valence-corrected chi connectivity index (χ2v) is 6.83. The number of hydrazone groups is 1. The minimum atomic E-state index is -0.279. The van der Waals surface area contributed by atoms with Crippen LogP contribution in [0, 0.1) is 17.3 Å². The van der Waals surface area contributed by atoms with E-state index in [-0.39, 0.29) is 5.91 Å². The fourth-order valence-electron chi connectivity index (χ4n) is 3.42. The van der Waals surface area contributed by atoms with Crippen molar-refractivity contribution in [3.05, 3.63) is 46.5 Å². The Balaban J connectivity index is 1.65. The average Bonchev–Trinajstić information content (AvgIpc) is 2.47. The van der Waals surface area contributed by atoms with Gasteiger partial charge in [0.15, 0.2) is 0 Å². The Morgan fingerprint density at radius 3 is 2.86 bits per heavy atom. The molecule has 2 bridgehead atoms. The third-order valence-electron chi connectivity index (χ3n) is 5.01. The lowest BCUT2D eigenvalue weighted by molar-refractivity contribution is -0.00126. The van der Waals surface area contributed by atoms with E-state index >= 15 is 0 Å². The highest BCUT2D eigenvalue weighted by atomic mass is 35.5. The number of carbonyl (C=O) groups excluding carboxylic acids is 1. The predicted molar refractivity (Wildman–Crippen MR) is 85.5 cm³/mol. The average molecular weight is 303 g/mol. The Morgan fingerprint density at radius 1 is 1.43 bits per heavy atom. The fraction of sp³-hybridized carbons (Fsp3) is 0.412. The van der Waals surface area contributed by atoms with E-state index in [2.05, 4.69) is 30.5 Å². The third kappa shape index (κ3) is 2.51. The number of rotatable bonds is 3. The van der Waals surface area contributed by atoms with Gasteiger partial charge in [-0.05, 0) is 47.8 Å². The first-order valence-corrected chi connectivity index (χ1v) is 7.66. The molecule has 0 aliphatic heterocycles. The zero-order valence-electron chi connectivity index (χ0n) is 12.3. The summed E-state index contributed by atoms with van der Waals surface area (Å²) in [6, 6.07) is 6.96. The highest BCUT2D eigenvalue weighted by Crippen LogP contribution is 2.58. The maximum absolute atomic E-state index is 12.0. The molecular weight excluding hydrogens is 284 g/mol. The van der Waals surface area contributed by atoms with Crippen molar-refractivity contribution >= 4 is 23.7 Å². The van der Waals surface area contributed by atoms with Crippen LogP contribution in [0.1, 0.15) is 37.0 Å². The monoisotopic (exact) mass is 302 g/mol. The Bertz CT molecular complexity index is 633. The number of benzene rings is 1. The summed E-state index contributed by atoms with van der Waals surface area (Å²) in [5.74, 6) is 1.09. The van der Waals surface area contributed by atoms with Crippen LogP contribution in [0.3, 0.4) is 0 Å². The van der Waals surface area contributed by atoms with E-state index in [4.69, 9.17) is 11.6 Å². The standard InChI is InChI=1S/C17H19ClN2O/c1-17(2)12-8-7-11(14(17)9-12)10-19-20-16(21)13-5-3-4-6-15(13)18/h3-7,10,12,14H,8-9H2,1-2H3,(H,20,21)/t12-,14+/m0/s1. The molecule has 1 amide bonds. The van der Waals surface area contributed by atoms with Crippen LogP contribution >= 0.6 is 11.6 Å². The van der Waals surface area contributed by atoms with Crippen LogP contribution in [0.4, 0.5) is 0 Å². The number of hydrogen-bond donors (Lipinski definition) is 1. The van der Waals surface area contributed by atoms with Crippen LogP contribution in [0.15, 0.2) is 41.0 Å². The first-order chi connectivity index (χ1) is 10.00. The largest absolute Gasteiger partial charge is 0.272 e. The molecule has 4 rings (SSSR count). The number of hydrogen-bond acceptors (Lipinski definition) is 2. The summed E-state index contributed by atoms with van der Waals surface area (Å²) in [6.07, 6.45) is 6.39. The molecule has 110 valence electrons. The molecule has 0 spiro atoms. The second kappa shape index (κ2) is 5.30. The van der Waals surface area contributed by atoms with Crippen molar-refractivity contribution in [2.75, 3.05) is 0 Å². The smallest absolute Gasteiger partial charge is 0.267 e. The van der Waals surface area contributed by atoms with Crippen LogP contribution in [-0.2, 0) is 0 Å². The van der Waals surface area contributed by atoms with Crippen molar-refractivity contribution < 1.29 is 4.79 Å². The van der Waals surface area contributed by atoms with E-state index in [1.54, 1.807) is 30.5 Å². The summed E-state index contributed by atoms with van der Waals surface area (Å²) in [4.78, 5) is 12.0. The molecule has 2 atom stereocenters. The Kier molecular flexibility index (Phi) is 3.62. The molecule has 0 heterocycles.